The fourth-order valence-electron chi connectivity index (χ4n) is 3.07. The van der Waals surface area contributed by atoms with Gasteiger partial charge >= 0.3 is 6.09 Å². The van der Waals surface area contributed by atoms with Crippen LogP contribution in [0, 0.1) is 12.3 Å². The number of nitrogens with zero attached hydrogens (tertiary/aromatic N) is 1. The number of hydrogen-bond acceptors (Lipinski definition) is 6. The minimum Gasteiger partial charge on any atom is -0.444 e. The van der Waals surface area contributed by atoms with E-state index >= 15 is 0 Å². The number of ether oxygens (including phenoxy) is 1. The van der Waals surface area contributed by atoms with Gasteiger partial charge in [-0.3, -0.25) is 9.59 Å². The first-order chi connectivity index (χ1) is 15.2. The molecule has 182 valence electrons. The second-order valence-electron chi connectivity index (χ2n) is 9.51. The molecule has 0 aliphatic heterocycles. The zero-order valence-corrected chi connectivity index (χ0v) is 20.1. The highest BCUT2D eigenvalue weighted by atomic mass is 16.6. The van der Waals surface area contributed by atoms with Crippen LogP contribution in [0.3, 0.4) is 0 Å². The largest absolute Gasteiger partial charge is 0.444 e. The van der Waals surface area contributed by atoms with Crippen LogP contribution in [0.4, 0.5) is 4.79 Å². The van der Waals surface area contributed by atoms with E-state index in [1.165, 1.54) is 0 Å². The fraction of sp³-hybridized carbons (Fsp3) is 0.542. The predicted octanol–water partition coefficient (Wildman–Crippen LogP) is 1.33. The first kappa shape index (κ1) is 27.9. The monoisotopic (exact) mass is 461 g/mol. The lowest BCUT2D eigenvalue weighted by molar-refractivity contribution is -0.144. The molecule has 33 heavy (non-hydrogen) atoms. The summed E-state index contributed by atoms with van der Waals surface area (Å²) in [5.41, 5.74) is -0.682. The number of benzene rings is 1. The molecule has 2 atom stereocenters. The van der Waals surface area contributed by atoms with Crippen LogP contribution in [0.1, 0.15) is 58.7 Å². The molecular formula is C24H35N3O6. The summed E-state index contributed by atoms with van der Waals surface area (Å²) in [6.45, 7) is 8.87. The normalized spacial score (nSPS) is 13.3. The van der Waals surface area contributed by atoms with Crippen molar-refractivity contribution < 1.29 is 29.3 Å². The molecule has 0 spiro atoms. The first-order valence-electron chi connectivity index (χ1n) is 10.6. The summed E-state index contributed by atoms with van der Waals surface area (Å²) in [5.74, 6) is 1.20. The smallest absolute Gasteiger partial charge is 0.408 e. The zero-order valence-electron chi connectivity index (χ0n) is 20.1. The molecule has 2 unspecified atom stereocenters. The number of aliphatic hydroxyl groups excluding tert-OH is 2. The molecule has 0 aromatic heterocycles. The summed E-state index contributed by atoms with van der Waals surface area (Å²) in [6, 6.07) is 4.01. The average Bonchev–Trinajstić information content (AvgIpc) is 2.68. The van der Waals surface area contributed by atoms with Crippen molar-refractivity contribution in [3.05, 3.63) is 35.4 Å². The second kappa shape index (κ2) is 11.7. The summed E-state index contributed by atoms with van der Waals surface area (Å²) in [5, 5.41) is 24.7. The lowest BCUT2D eigenvalue weighted by atomic mass is 9.96. The number of carbonyl (C=O) groups excluding carboxylic acids is 3. The average molecular weight is 462 g/mol. The summed E-state index contributed by atoms with van der Waals surface area (Å²) in [7, 11) is 0. The molecule has 0 fully saturated rings. The van der Waals surface area contributed by atoms with Crippen LogP contribution < -0.4 is 10.6 Å². The van der Waals surface area contributed by atoms with Gasteiger partial charge in [-0.15, -0.1) is 6.42 Å². The number of carbonyl (C=O) groups is 3. The topological polar surface area (TPSA) is 128 Å². The molecule has 0 radical (unpaired) electrons. The van der Waals surface area contributed by atoms with Crippen molar-refractivity contribution in [2.45, 2.75) is 64.8 Å². The van der Waals surface area contributed by atoms with Gasteiger partial charge in [-0.25, -0.2) is 4.79 Å². The van der Waals surface area contributed by atoms with E-state index in [0.717, 1.165) is 4.90 Å². The Hall–Kier alpha value is -3.09. The third-order valence-corrected chi connectivity index (χ3v) is 4.26. The highest BCUT2D eigenvalue weighted by Gasteiger charge is 2.37. The van der Waals surface area contributed by atoms with Gasteiger partial charge in [0, 0.05) is 17.6 Å². The molecule has 4 N–H and O–H groups in total. The lowest BCUT2D eigenvalue weighted by Crippen LogP contribution is -2.56. The van der Waals surface area contributed by atoms with E-state index in [4.69, 9.17) is 11.2 Å². The van der Waals surface area contributed by atoms with Gasteiger partial charge in [0.1, 0.15) is 17.7 Å². The SMILES string of the molecule is C#Cc1ccccc1C(C(=O)NC(C)(C)C)N(CCO)C(=O)C(CO)NC(=O)OC(C)(C)C. The molecule has 0 heterocycles. The maximum atomic E-state index is 13.4. The summed E-state index contributed by atoms with van der Waals surface area (Å²) in [6.07, 6.45) is 4.72. The van der Waals surface area contributed by atoms with Crippen LogP contribution in [-0.2, 0) is 14.3 Å². The molecule has 0 saturated carbocycles. The number of terminal acetylenes is 1. The van der Waals surface area contributed by atoms with Gasteiger partial charge in [-0.05, 0) is 53.2 Å². The van der Waals surface area contributed by atoms with Crippen LogP contribution in [0.15, 0.2) is 24.3 Å². The van der Waals surface area contributed by atoms with E-state index < -0.39 is 54.3 Å². The number of hydrogen-bond donors (Lipinski definition) is 4. The van der Waals surface area contributed by atoms with Crippen LogP contribution in [0.25, 0.3) is 0 Å². The molecule has 9 nitrogen and oxygen atoms in total. The van der Waals surface area contributed by atoms with Crippen molar-refractivity contribution in [2.24, 2.45) is 0 Å². The zero-order chi connectivity index (χ0) is 25.4. The predicted molar refractivity (Wildman–Crippen MR) is 124 cm³/mol. The minimum atomic E-state index is -1.41. The van der Waals surface area contributed by atoms with Gasteiger partial charge in [0.2, 0.25) is 11.8 Å². The maximum absolute atomic E-state index is 13.4. The molecule has 1 aromatic carbocycles. The van der Waals surface area contributed by atoms with Crippen molar-refractivity contribution >= 4 is 17.9 Å². The van der Waals surface area contributed by atoms with E-state index in [9.17, 15) is 24.6 Å². The Balaban J connectivity index is 3.45. The maximum Gasteiger partial charge on any atom is 0.408 e. The molecule has 0 saturated heterocycles. The summed E-state index contributed by atoms with van der Waals surface area (Å²) < 4.78 is 5.17. The fourth-order valence-corrected chi connectivity index (χ4v) is 3.07. The Bertz CT molecular complexity index is 879. The third kappa shape index (κ3) is 8.75. The molecule has 1 aromatic rings. The van der Waals surface area contributed by atoms with Crippen molar-refractivity contribution in [3.8, 4) is 12.3 Å². The van der Waals surface area contributed by atoms with Crippen LogP contribution in [0.2, 0.25) is 0 Å². The van der Waals surface area contributed by atoms with Gasteiger partial charge in [0.05, 0.1) is 13.2 Å². The van der Waals surface area contributed by atoms with Crippen LogP contribution in [-0.4, -0.2) is 70.0 Å². The molecule has 0 aliphatic rings. The highest BCUT2D eigenvalue weighted by Crippen LogP contribution is 2.26. The molecule has 3 amide bonds. The number of nitrogens with one attached hydrogen (secondary N) is 2. The summed E-state index contributed by atoms with van der Waals surface area (Å²) >= 11 is 0. The number of amides is 3. The molecule has 9 heteroatoms. The number of aliphatic hydroxyl groups is 2. The standard InChI is InChI=1S/C24H35N3O6/c1-8-16-11-9-10-12-17(16)19(20(30)26-23(2,3)4)27(13-14-28)21(31)18(15-29)25-22(32)33-24(5,6)7/h1,9-12,18-19,28-29H,13-15H2,2-7H3,(H,25,32)(H,26,30). The third-order valence-electron chi connectivity index (χ3n) is 4.26. The molecule has 0 aliphatic carbocycles. The van der Waals surface area contributed by atoms with Gasteiger partial charge in [0.15, 0.2) is 0 Å². The van der Waals surface area contributed by atoms with Crippen molar-refractivity contribution in [2.75, 3.05) is 19.8 Å². The van der Waals surface area contributed by atoms with Crippen molar-refractivity contribution in [3.63, 3.8) is 0 Å². The lowest BCUT2D eigenvalue weighted by Gasteiger charge is -2.35. The van der Waals surface area contributed by atoms with E-state index in [1.807, 2.05) is 0 Å². The highest BCUT2D eigenvalue weighted by molar-refractivity contribution is 5.92. The van der Waals surface area contributed by atoms with E-state index in [-0.39, 0.29) is 6.54 Å². The molecular weight excluding hydrogens is 426 g/mol. The van der Waals surface area contributed by atoms with Gasteiger partial charge in [-0.2, -0.15) is 0 Å². The Morgan fingerprint density at radius 1 is 1.12 bits per heavy atom. The Labute approximate surface area is 195 Å². The van der Waals surface area contributed by atoms with Crippen molar-refractivity contribution in [1.29, 1.82) is 0 Å². The Kier molecular flexibility index (Phi) is 9.89. The van der Waals surface area contributed by atoms with Gasteiger partial charge in [-0.1, -0.05) is 24.1 Å². The van der Waals surface area contributed by atoms with E-state index in [2.05, 4.69) is 16.6 Å². The first-order valence-corrected chi connectivity index (χ1v) is 10.6. The van der Waals surface area contributed by atoms with E-state index in [0.29, 0.717) is 11.1 Å². The molecule has 1 rings (SSSR count). The Morgan fingerprint density at radius 3 is 2.21 bits per heavy atom. The van der Waals surface area contributed by atoms with E-state index in [1.54, 1.807) is 65.8 Å². The molecule has 0 bridgehead atoms. The second-order valence-corrected chi connectivity index (χ2v) is 9.51. The van der Waals surface area contributed by atoms with Gasteiger partial charge < -0.3 is 30.5 Å². The van der Waals surface area contributed by atoms with Crippen LogP contribution >= 0.6 is 0 Å². The van der Waals surface area contributed by atoms with Crippen LogP contribution in [0.5, 0.6) is 0 Å². The minimum absolute atomic E-state index is 0.244. The number of alkyl carbamates (subject to hydrolysis) is 1. The Morgan fingerprint density at radius 2 is 1.73 bits per heavy atom. The van der Waals surface area contributed by atoms with Gasteiger partial charge in [0.25, 0.3) is 0 Å². The summed E-state index contributed by atoms with van der Waals surface area (Å²) in [4.78, 5) is 40.0. The quantitative estimate of drug-likeness (QED) is 0.433. The van der Waals surface area contributed by atoms with Crippen molar-refractivity contribution in [1.82, 2.24) is 15.5 Å². The number of rotatable bonds is 8.